The summed E-state index contributed by atoms with van der Waals surface area (Å²) in [7, 11) is -4.10. The summed E-state index contributed by atoms with van der Waals surface area (Å²) in [5.41, 5.74) is 2.64. The van der Waals surface area contributed by atoms with Crippen LogP contribution in [-0.4, -0.2) is 113 Å². The highest BCUT2D eigenvalue weighted by atomic mass is 32.2. The van der Waals surface area contributed by atoms with Crippen LogP contribution in [0.4, 0.5) is 0 Å². The Morgan fingerprint density at radius 3 is 2.57 bits per heavy atom. The van der Waals surface area contributed by atoms with Gasteiger partial charge in [-0.1, -0.05) is 18.2 Å². The van der Waals surface area contributed by atoms with Crippen LogP contribution in [0.15, 0.2) is 47.5 Å². The van der Waals surface area contributed by atoms with Gasteiger partial charge < -0.3 is 24.6 Å². The van der Waals surface area contributed by atoms with Gasteiger partial charge in [0.25, 0.3) is 0 Å². The summed E-state index contributed by atoms with van der Waals surface area (Å²) in [6.07, 6.45) is 2.86. The number of carboxylic acid groups (broad SMARTS) is 1. The Morgan fingerprint density at radius 2 is 1.83 bits per heavy atom. The van der Waals surface area contributed by atoms with E-state index in [1.165, 1.54) is 10.4 Å². The number of fused-ring (bicyclic) bond motifs is 2. The highest BCUT2D eigenvalue weighted by Gasteiger charge is 2.46. The van der Waals surface area contributed by atoms with E-state index in [9.17, 15) is 18.3 Å². The Balaban J connectivity index is 1.24. The number of nitrogens with zero attached hydrogens (tertiary/aromatic N) is 6. The van der Waals surface area contributed by atoms with Gasteiger partial charge in [-0.3, -0.25) is 14.1 Å². The van der Waals surface area contributed by atoms with Gasteiger partial charge in [-0.05, 0) is 74.6 Å². The third kappa shape index (κ3) is 7.24. The molecule has 2 fully saturated rings. The molecule has 14 nitrogen and oxygen atoms in total. The minimum Gasteiger partial charge on any atom is -0.481 e. The van der Waals surface area contributed by atoms with Crippen LogP contribution in [0.5, 0.6) is 11.8 Å². The first-order chi connectivity index (χ1) is 25.3. The zero-order valence-corrected chi connectivity index (χ0v) is 31.9. The molecule has 1 spiro atoms. The fourth-order valence-electron chi connectivity index (χ4n) is 7.77. The number of rotatable bonds is 10. The zero-order chi connectivity index (χ0) is 37.5. The Morgan fingerprint density at radius 1 is 1.08 bits per heavy atom. The maximum Gasteiger partial charge on any atom is 0.310 e. The number of hydrogen-bond acceptors (Lipinski definition) is 11. The summed E-state index contributed by atoms with van der Waals surface area (Å²) in [5, 5.41) is 22.5. The van der Waals surface area contributed by atoms with Gasteiger partial charge in [0.15, 0.2) is 5.65 Å². The van der Waals surface area contributed by atoms with E-state index in [2.05, 4.69) is 25.4 Å². The standard InChI is InChI=1S/C38H49N7O7S/c1-25-6-7-28(33(37(4,5)36(46)47)30-10-15-45-27(3)41-42-34(45)26(30)2)22-29(25)23-44-24-38(11-19-50-20-12-38)52-35-31(53(44,48)49)8-9-32(40-35)51-21-18-43-16-13-39-14-17-43/h6-10,15,22,33,39H,11-14,16-21,23-24H2,1-5H3,(H,46,47)/t33-/m1/s1. The monoisotopic (exact) mass is 747 g/mol. The summed E-state index contributed by atoms with van der Waals surface area (Å²) < 4.78 is 50.9. The molecule has 1 aromatic carbocycles. The Hall–Kier alpha value is -4.15. The second kappa shape index (κ2) is 14.6. The van der Waals surface area contributed by atoms with Gasteiger partial charge in [-0.15, -0.1) is 10.2 Å². The minimum absolute atomic E-state index is 0.0125. The van der Waals surface area contributed by atoms with Gasteiger partial charge >= 0.3 is 5.97 Å². The van der Waals surface area contributed by atoms with Gasteiger partial charge in [0.05, 0.1) is 25.2 Å². The first kappa shape index (κ1) is 37.2. The van der Waals surface area contributed by atoms with Crippen LogP contribution >= 0.6 is 0 Å². The fourth-order valence-corrected chi connectivity index (χ4v) is 9.31. The number of nitrogens with one attached hydrogen (secondary N) is 1. The zero-order valence-electron chi connectivity index (χ0n) is 31.1. The van der Waals surface area contributed by atoms with E-state index in [4.69, 9.17) is 14.2 Å². The van der Waals surface area contributed by atoms with Crippen LogP contribution in [0, 0.1) is 26.2 Å². The van der Waals surface area contributed by atoms with Gasteiger partial charge in [0, 0.05) is 70.3 Å². The molecule has 0 unspecified atom stereocenters. The van der Waals surface area contributed by atoms with Crippen molar-refractivity contribution in [1.29, 1.82) is 0 Å². The smallest absolute Gasteiger partial charge is 0.310 e. The maximum atomic E-state index is 14.6. The third-order valence-electron chi connectivity index (χ3n) is 11.1. The van der Waals surface area contributed by atoms with E-state index in [1.54, 1.807) is 19.9 Å². The van der Waals surface area contributed by atoms with Crippen LogP contribution in [-0.2, 0) is 26.1 Å². The molecule has 0 bridgehead atoms. The van der Waals surface area contributed by atoms with Crippen LogP contribution in [0.2, 0.25) is 0 Å². The maximum absolute atomic E-state index is 14.6. The van der Waals surface area contributed by atoms with Crippen LogP contribution in [0.3, 0.4) is 0 Å². The van der Waals surface area contributed by atoms with Crippen molar-refractivity contribution in [2.24, 2.45) is 5.41 Å². The predicted octanol–water partition coefficient (Wildman–Crippen LogP) is 3.71. The lowest BCUT2D eigenvalue weighted by Crippen LogP contribution is -2.50. The van der Waals surface area contributed by atoms with E-state index in [0.29, 0.717) is 44.2 Å². The van der Waals surface area contributed by atoms with Crippen molar-refractivity contribution >= 4 is 21.6 Å². The Kier molecular flexibility index (Phi) is 10.2. The highest BCUT2D eigenvalue weighted by molar-refractivity contribution is 7.89. The summed E-state index contributed by atoms with van der Waals surface area (Å²) >= 11 is 0. The average Bonchev–Trinajstić information content (AvgIpc) is 3.48. The Labute approximate surface area is 310 Å². The van der Waals surface area contributed by atoms with Crippen molar-refractivity contribution < 1.29 is 32.5 Å². The second-order valence-corrected chi connectivity index (χ2v) is 17.0. The van der Waals surface area contributed by atoms with Crippen molar-refractivity contribution in [2.45, 2.75) is 70.4 Å². The summed E-state index contributed by atoms with van der Waals surface area (Å²) in [4.78, 5) is 19.8. The summed E-state index contributed by atoms with van der Waals surface area (Å²) in [6, 6.07) is 10.9. The molecule has 2 N–H and O–H groups in total. The molecule has 1 atom stereocenters. The first-order valence-electron chi connectivity index (χ1n) is 18.3. The molecule has 2 saturated heterocycles. The summed E-state index contributed by atoms with van der Waals surface area (Å²) in [6.45, 7) is 15.1. The second-order valence-electron chi connectivity index (χ2n) is 15.0. The molecule has 6 heterocycles. The van der Waals surface area contributed by atoms with E-state index < -0.39 is 32.9 Å². The predicted molar refractivity (Wildman–Crippen MR) is 197 cm³/mol. The molecular weight excluding hydrogens is 699 g/mol. The van der Waals surface area contributed by atoms with Crippen LogP contribution < -0.4 is 14.8 Å². The molecule has 7 rings (SSSR count). The molecule has 0 aliphatic carbocycles. The summed E-state index contributed by atoms with van der Waals surface area (Å²) in [5.74, 6) is -0.446. The SMILES string of the molecule is Cc1ccc([C@H](c2ccn3c(C)nnc3c2C)C(C)(C)C(=O)O)cc1CN1CC2(CCOCC2)Oc2nc(OCCN3CCNCC3)ccc2S1(=O)=O. The van der Waals surface area contributed by atoms with E-state index in [-0.39, 0.29) is 23.9 Å². The molecule has 0 saturated carbocycles. The lowest BCUT2D eigenvalue weighted by molar-refractivity contribution is -0.147. The number of carbonyl (C=O) groups is 1. The van der Waals surface area contributed by atoms with E-state index in [1.807, 2.05) is 55.6 Å². The van der Waals surface area contributed by atoms with Gasteiger partial charge in [0.2, 0.25) is 21.8 Å². The van der Waals surface area contributed by atoms with Crippen molar-refractivity contribution in [1.82, 2.24) is 34.1 Å². The van der Waals surface area contributed by atoms with Crippen molar-refractivity contribution in [2.75, 3.05) is 59.1 Å². The largest absolute Gasteiger partial charge is 0.481 e. The molecule has 0 amide bonds. The van der Waals surface area contributed by atoms with Gasteiger partial charge in [0.1, 0.15) is 22.9 Å². The average molecular weight is 748 g/mol. The molecule has 4 aromatic rings. The number of carboxylic acids is 1. The number of sulfonamides is 1. The van der Waals surface area contributed by atoms with Crippen LogP contribution in [0.25, 0.3) is 5.65 Å². The molecule has 284 valence electrons. The van der Waals surface area contributed by atoms with E-state index in [0.717, 1.165) is 66.4 Å². The first-order valence-corrected chi connectivity index (χ1v) is 19.7. The molecule has 53 heavy (non-hydrogen) atoms. The quantitative estimate of drug-likeness (QED) is 0.243. The lowest BCUT2D eigenvalue weighted by atomic mass is 9.70. The number of aryl methyl sites for hydroxylation is 3. The molecule has 15 heteroatoms. The number of ether oxygens (including phenoxy) is 3. The topological polar surface area (TPSA) is 161 Å². The molecule has 3 aromatic heterocycles. The molecule has 3 aliphatic rings. The Bertz CT molecular complexity index is 2110. The van der Waals surface area contributed by atoms with E-state index >= 15 is 0 Å². The van der Waals surface area contributed by atoms with Crippen molar-refractivity contribution in [3.05, 3.63) is 76.2 Å². The lowest BCUT2D eigenvalue weighted by Gasteiger charge is -2.38. The minimum atomic E-state index is -4.10. The molecular formula is C38H49N7O7S. The number of aliphatic carboxylic acids is 1. The van der Waals surface area contributed by atoms with Crippen LogP contribution in [0.1, 0.15) is 66.2 Å². The normalized spacial score (nSPS) is 19.7. The number of piperazine rings is 1. The molecule has 0 radical (unpaired) electrons. The number of hydrogen-bond donors (Lipinski definition) is 2. The molecule has 3 aliphatic heterocycles. The van der Waals surface area contributed by atoms with Crippen molar-refractivity contribution in [3.8, 4) is 11.8 Å². The van der Waals surface area contributed by atoms with Gasteiger partial charge in [-0.2, -0.15) is 9.29 Å². The third-order valence-corrected chi connectivity index (χ3v) is 12.9. The fraction of sp³-hybridized carbons (Fsp3) is 0.526. The number of aromatic nitrogens is 4. The van der Waals surface area contributed by atoms with Crippen molar-refractivity contribution in [3.63, 3.8) is 0 Å². The van der Waals surface area contributed by atoms with Gasteiger partial charge in [-0.25, -0.2) is 8.42 Å². The number of benzene rings is 1. The number of pyridine rings is 2. The highest BCUT2D eigenvalue weighted by Crippen LogP contribution is 2.44.